The van der Waals surface area contributed by atoms with Crippen LogP contribution >= 0.6 is 0 Å². The quantitative estimate of drug-likeness (QED) is 0.709. The highest BCUT2D eigenvalue weighted by Gasteiger charge is 2.41. The molecule has 0 aromatic carbocycles. The zero-order chi connectivity index (χ0) is 22.6. The highest BCUT2D eigenvalue weighted by atomic mass is 16.5. The summed E-state index contributed by atoms with van der Waals surface area (Å²) in [6, 6.07) is 2.69. The van der Waals surface area contributed by atoms with Crippen molar-refractivity contribution in [3.63, 3.8) is 0 Å². The van der Waals surface area contributed by atoms with E-state index < -0.39 is 0 Å². The molecule has 1 unspecified atom stereocenters. The minimum absolute atomic E-state index is 0.160. The summed E-state index contributed by atoms with van der Waals surface area (Å²) in [6.45, 7) is 11.4. The molecule has 0 N–H and O–H groups in total. The Balaban J connectivity index is 1.53. The van der Waals surface area contributed by atoms with E-state index in [0.29, 0.717) is 24.3 Å². The number of nitrogens with zero attached hydrogens (tertiary/aromatic N) is 4. The number of carbonyl (C=O) groups is 1. The first-order valence-electron chi connectivity index (χ1n) is 12.4. The lowest BCUT2D eigenvalue weighted by Crippen LogP contribution is -2.58. The average molecular weight is 437 g/mol. The first kappa shape index (κ1) is 21.7. The summed E-state index contributed by atoms with van der Waals surface area (Å²) < 4.78 is 6.15. The van der Waals surface area contributed by atoms with Crippen LogP contribution in [-0.4, -0.2) is 47.1 Å². The second-order valence-corrected chi connectivity index (χ2v) is 11.2. The van der Waals surface area contributed by atoms with Gasteiger partial charge < -0.3 is 14.5 Å². The fourth-order valence-electron chi connectivity index (χ4n) is 5.56. The Morgan fingerprint density at radius 2 is 1.94 bits per heavy atom. The summed E-state index contributed by atoms with van der Waals surface area (Å²) in [4.78, 5) is 22.5. The number of anilines is 1. The van der Waals surface area contributed by atoms with E-state index in [1.807, 2.05) is 0 Å². The Labute approximate surface area is 191 Å². The van der Waals surface area contributed by atoms with E-state index in [2.05, 4.69) is 43.6 Å². The van der Waals surface area contributed by atoms with Crippen LogP contribution in [-0.2, 0) is 22.6 Å². The topological polar surface area (TPSA) is 69.5 Å². The number of fused-ring (bicyclic) bond motifs is 1. The number of ether oxygens (including phenoxy) is 1. The standard InChI is InChI=1S/C26H36N4O2/c1-16(2)22-14-29(10-11-30(22)25(31)18-8-9-18)24-20(13-27)19-12-26(3,4)32-15-21(19)23(28-24)17-6-5-7-17/h16-18,22H,5-12,14-15H2,1-4H3. The molecule has 5 rings (SSSR count). The van der Waals surface area contributed by atoms with Crippen LogP contribution in [0.25, 0.3) is 0 Å². The Hall–Kier alpha value is -2.13. The number of piperazine rings is 1. The molecule has 0 bridgehead atoms. The van der Waals surface area contributed by atoms with Gasteiger partial charge in [0.05, 0.1) is 29.5 Å². The normalized spacial score (nSPS) is 25.3. The molecule has 3 fully saturated rings. The molecule has 1 aromatic rings. The lowest BCUT2D eigenvalue weighted by atomic mass is 9.78. The van der Waals surface area contributed by atoms with E-state index in [1.54, 1.807) is 0 Å². The zero-order valence-corrected chi connectivity index (χ0v) is 20.0. The van der Waals surface area contributed by atoms with Crippen LogP contribution < -0.4 is 4.90 Å². The summed E-state index contributed by atoms with van der Waals surface area (Å²) in [5.74, 6) is 2.26. The first-order valence-corrected chi connectivity index (χ1v) is 12.4. The maximum atomic E-state index is 12.9. The van der Waals surface area contributed by atoms with E-state index in [1.165, 1.54) is 19.3 Å². The molecule has 3 heterocycles. The molecule has 1 saturated heterocycles. The van der Waals surface area contributed by atoms with E-state index in [4.69, 9.17) is 9.72 Å². The molecule has 2 aliphatic carbocycles. The fraction of sp³-hybridized carbons (Fsp3) is 0.731. The van der Waals surface area contributed by atoms with Crippen LogP contribution in [0.2, 0.25) is 0 Å². The Bertz CT molecular complexity index is 956. The number of rotatable bonds is 4. The van der Waals surface area contributed by atoms with Gasteiger partial charge in [0, 0.05) is 43.5 Å². The van der Waals surface area contributed by atoms with Gasteiger partial charge in [0.1, 0.15) is 11.9 Å². The number of hydrogen-bond donors (Lipinski definition) is 0. The lowest BCUT2D eigenvalue weighted by Gasteiger charge is -2.45. The summed E-state index contributed by atoms with van der Waals surface area (Å²) in [5.41, 5.74) is 3.92. The van der Waals surface area contributed by atoms with Crippen LogP contribution in [0.3, 0.4) is 0 Å². The van der Waals surface area contributed by atoms with Gasteiger partial charge in [0.15, 0.2) is 0 Å². The van der Waals surface area contributed by atoms with Crippen molar-refractivity contribution in [1.82, 2.24) is 9.88 Å². The van der Waals surface area contributed by atoms with Crippen LogP contribution in [0.1, 0.15) is 88.1 Å². The molecule has 172 valence electrons. The molecule has 4 aliphatic rings. The van der Waals surface area contributed by atoms with Gasteiger partial charge >= 0.3 is 0 Å². The predicted octanol–water partition coefficient (Wildman–Crippen LogP) is 4.16. The Morgan fingerprint density at radius 1 is 1.19 bits per heavy atom. The monoisotopic (exact) mass is 436 g/mol. The Morgan fingerprint density at radius 3 is 2.53 bits per heavy atom. The predicted molar refractivity (Wildman–Crippen MR) is 123 cm³/mol. The molecule has 6 nitrogen and oxygen atoms in total. The summed E-state index contributed by atoms with van der Waals surface area (Å²) >= 11 is 0. The van der Waals surface area contributed by atoms with Gasteiger partial charge in [-0.25, -0.2) is 4.98 Å². The van der Waals surface area contributed by atoms with E-state index >= 15 is 0 Å². The average Bonchev–Trinajstić information content (AvgIpc) is 3.55. The minimum atomic E-state index is -0.274. The van der Waals surface area contributed by atoms with E-state index in [-0.39, 0.29) is 17.6 Å². The third-order valence-corrected chi connectivity index (χ3v) is 7.94. The zero-order valence-electron chi connectivity index (χ0n) is 20.0. The van der Waals surface area contributed by atoms with Gasteiger partial charge in [-0.05, 0) is 51.0 Å². The molecular weight excluding hydrogens is 400 g/mol. The van der Waals surface area contributed by atoms with Crippen molar-refractivity contribution in [2.45, 2.75) is 90.4 Å². The molecule has 1 amide bonds. The van der Waals surface area contributed by atoms with Crippen LogP contribution in [0.5, 0.6) is 0 Å². The molecule has 1 atom stereocenters. The molecule has 2 aliphatic heterocycles. The van der Waals surface area contributed by atoms with Gasteiger partial charge in [-0.2, -0.15) is 5.26 Å². The number of carbonyl (C=O) groups excluding carboxylic acids is 1. The third-order valence-electron chi connectivity index (χ3n) is 7.94. The van der Waals surface area contributed by atoms with Crippen LogP contribution in [0, 0.1) is 23.2 Å². The highest BCUT2D eigenvalue weighted by Crippen LogP contribution is 2.43. The van der Waals surface area contributed by atoms with Gasteiger partial charge in [0.25, 0.3) is 0 Å². The van der Waals surface area contributed by atoms with Gasteiger partial charge in [-0.3, -0.25) is 4.79 Å². The fourth-order valence-corrected chi connectivity index (χ4v) is 5.56. The summed E-state index contributed by atoms with van der Waals surface area (Å²) in [6.07, 6.45) is 6.42. The number of pyridine rings is 1. The highest BCUT2D eigenvalue weighted by molar-refractivity contribution is 5.81. The maximum absolute atomic E-state index is 12.9. The van der Waals surface area contributed by atoms with Crippen molar-refractivity contribution in [1.29, 1.82) is 5.26 Å². The van der Waals surface area contributed by atoms with E-state index in [9.17, 15) is 10.1 Å². The van der Waals surface area contributed by atoms with Crippen molar-refractivity contribution in [2.75, 3.05) is 24.5 Å². The summed E-state index contributed by atoms with van der Waals surface area (Å²) in [5, 5.41) is 10.3. The SMILES string of the molecule is CC(C)C1CN(c2nc(C3CCC3)c3c(c2C#N)CC(C)(C)OC3)CCN1C(=O)C1CC1. The molecule has 0 radical (unpaired) electrons. The van der Waals surface area contributed by atoms with Crippen LogP contribution in [0.4, 0.5) is 5.82 Å². The van der Waals surface area contributed by atoms with Crippen molar-refractivity contribution >= 4 is 11.7 Å². The van der Waals surface area contributed by atoms with Gasteiger partial charge in [0.2, 0.25) is 5.91 Å². The lowest BCUT2D eigenvalue weighted by molar-refractivity contribution is -0.136. The molecule has 2 saturated carbocycles. The number of amides is 1. The van der Waals surface area contributed by atoms with Gasteiger partial charge in [-0.15, -0.1) is 0 Å². The number of nitriles is 1. The van der Waals surface area contributed by atoms with Crippen molar-refractivity contribution in [3.8, 4) is 6.07 Å². The van der Waals surface area contributed by atoms with Crippen molar-refractivity contribution in [2.24, 2.45) is 11.8 Å². The van der Waals surface area contributed by atoms with Gasteiger partial charge in [-0.1, -0.05) is 20.3 Å². The van der Waals surface area contributed by atoms with Crippen molar-refractivity contribution < 1.29 is 9.53 Å². The molecular formula is C26H36N4O2. The van der Waals surface area contributed by atoms with Crippen molar-refractivity contribution in [3.05, 3.63) is 22.4 Å². The second kappa shape index (κ2) is 8.02. The molecule has 32 heavy (non-hydrogen) atoms. The molecule has 0 spiro atoms. The maximum Gasteiger partial charge on any atom is 0.226 e. The Kier molecular flexibility index (Phi) is 5.44. The third kappa shape index (κ3) is 3.79. The van der Waals surface area contributed by atoms with E-state index in [0.717, 1.165) is 67.1 Å². The number of aromatic nitrogens is 1. The van der Waals surface area contributed by atoms with Crippen LogP contribution in [0.15, 0.2) is 0 Å². The summed E-state index contributed by atoms with van der Waals surface area (Å²) in [7, 11) is 0. The minimum Gasteiger partial charge on any atom is -0.370 e. The smallest absolute Gasteiger partial charge is 0.226 e. The second-order valence-electron chi connectivity index (χ2n) is 11.2. The molecule has 6 heteroatoms. The number of hydrogen-bond acceptors (Lipinski definition) is 5. The largest absolute Gasteiger partial charge is 0.370 e. The first-order chi connectivity index (χ1) is 15.3. The molecule has 1 aromatic heterocycles.